The number of nitrogens with zero attached hydrogens (tertiary/aromatic N) is 3. The smallest absolute Gasteiger partial charge is 0.191 e. The molecule has 1 aromatic heterocycles. The van der Waals surface area contributed by atoms with Crippen LogP contribution >= 0.6 is 0 Å². The van der Waals surface area contributed by atoms with Crippen molar-refractivity contribution in [3.63, 3.8) is 0 Å². The molecule has 0 amide bonds. The van der Waals surface area contributed by atoms with Gasteiger partial charge in [-0.1, -0.05) is 12.1 Å². The number of hydrogen-bond donors (Lipinski definition) is 2. The summed E-state index contributed by atoms with van der Waals surface area (Å²) in [6, 6.07) is 6.65. The molecular formula is C17H24FN5. The summed E-state index contributed by atoms with van der Waals surface area (Å²) in [5.74, 6) is 0.584. The molecule has 0 fully saturated rings. The highest BCUT2D eigenvalue weighted by Gasteiger charge is 2.00. The van der Waals surface area contributed by atoms with Crippen LogP contribution in [0.4, 0.5) is 4.39 Å². The standard InChI is InChI=1S/C17H24FN5/c1-3-19-17(21-10-8-15-12-22-23(2)13-15)20-9-7-14-5-4-6-16(18)11-14/h4-6,11-13H,3,7-10H2,1-2H3,(H2,19,20,21). The Bertz CT molecular complexity index is 635. The van der Waals surface area contributed by atoms with Gasteiger partial charge in [0.05, 0.1) is 6.20 Å². The number of rotatable bonds is 7. The first-order valence-electron chi connectivity index (χ1n) is 7.91. The summed E-state index contributed by atoms with van der Waals surface area (Å²) in [7, 11) is 1.91. The maximum absolute atomic E-state index is 13.1. The first kappa shape index (κ1) is 17.0. The van der Waals surface area contributed by atoms with Gasteiger partial charge in [-0.2, -0.15) is 5.10 Å². The van der Waals surface area contributed by atoms with Gasteiger partial charge >= 0.3 is 0 Å². The molecule has 23 heavy (non-hydrogen) atoms. The fraction of sp³-hybridized carbons (Fsp3) is 0.412. The Morgan fingerprint density at radius 2 is 2.13 bits per heavy atom. The van der Waals surface area contributed by atoms with Crippen molar-refractivity contribution in [2.45, 2.75) is 19.8 Å². The van der Waals surface area contributed by atoms with Gasteiger partial charge in [-0.15, -0.1) is 0 Å². The number of hydrogen-bond acceptors (Lipinski definition) is 2. The van der Waals surface area contributed by atoms with Gasteiger partial charge in [-0.05, 0) is 43.0 Å². The number of aliphatic imine (C=N–C) groups is 1. The fourth-order valence-electron chi connectivity index (χ4n) is 2.26. The topological polar surface area (TPSA) is 54.2 Å². The average molecular weight is 317 g/mol. The molecular weight excluding hydrogens is 293 g/mol. The Kier molecular flexibility index (Phi) is 6.59. The number of nitrogens with one attached hydrogen (secondary N) is 2. The zero-order valence-corrected chi connectivity index (χ0v) is 13.7. The van der Waals surface area contributed by atoms with Crippen molar-refractivity contribution in [1.82, 2.24) is 20.4 Å². The van der Waals surface area contributed by atoms with Gasteiger partial charge in [-0.3, -0.25) is 9.67 Å². The van der Waals surface area contributed by atoms with Crippen LogP contribution in [-0.4, -0.2) is 35.4 Å². The maximum Gasteiger partial charge on any atom is 0.191 e. The lowest BCUT2D eigenvalue weighted by atomic mass is 10.1. The van der Waals surface area contributed by atoms with E-state index in [0.29, 0.717) is 6.54 Å². The number of halogens is 1. The van der Waals surface area contributed by atoms with Gasteiger partial charge in [0.1, 0.15) is 5.82 Å². The first-order valence-corrected chi connectivity index (χ1v) is 7.91. The Balaban J connectivity index is 1.79. The van der Waals surface area contributed by atoms with Crippen LogP contribution in [0.15, 0.2) is 41.7 Å². The molecule has 124 valence electrons. The van der Waals surface area contributed by atoms with Crippen LogP contribution in [0.2, 0.25) is 0 Å². The molecule has 1 heterocycles. The van der Waals surface area contributed by atoms with E-state index in [4.69, 9.17) is 0 Å². The molecule has 0 spiro atoms. The third kappa shape index (κ3) is 6.10. The minimum absolute atomic E-state index is 0.201. The van der Waals surface area contributed by atoms with Crippen LogP contribution in [0.25, 0.3) is 0 Å². The monoisotopic (exact) mass is 317 g/mol. The molecule has 0 saturated heterocycles. The van der Waals surface area contributed by atoms with Crippen molar-refractivity contribution in [3.05, 3.63) is 53.6 Å². The van der Waals surface area contributed by atoms with Gasteiger partial charge < -0.3 is 10.6 Å². The van der Waals surface area contributed by atoms with E-state index in [0.717, 1.165) is 37.5 Å². The fourth-order valence-corrected chi connectivity index (χ4v) is 2.26. The molecule has 6 heteroatoms. The maximum atomic E-state index is 13.1. The number of benzene rings is 1. The largest absolute Gasteiger partial charge is 0.357 e. The molecule has 0 bridgehead atoms. The van der Waals surface area contributed by atoms with Crippen molar-refractivity contribution in [1.29, 1.82) is 0 Å². The Morgan fingerprint density at radius 1 is 1.26 bits per heavy atom. The summed E-state index contributed by atoms with van der Waals surface area (Å²) in [5, 5.41) is 10.7. The molecule has 2 rings (SSSR count). The molecule has 2 aromatic rings. The SMILES string of the molecule is CCNC(=NCCc1cccc(F)c1)NCCc1cnn(C)c1. The summed E-state index contributed by atoms with van der Waals surface area (Å²) in [4.78, 5) is 4.53. The van der Waals surface area contributed by atoms with Gasteiger partial charge in [-0.25, -0.2) is 4.39 Å². The van der Waals surface area contributed by atoms with Crippen molar-refractivity contribution >= 4 is 5.96 Å². The molecule has 0 saturated carbocycles. The lowest BCUT2D eigenvalue weighted by Gasteiger charge is -2.10. The lowest BCUT2D eigenvalue weighted by Crippen LogP contribution is -2.38. The second-order valence-electron chi connectivity index (χ2n) is 5.34. The van der Waals surface area contributed by atoms with Crippen LogP contribution in [0.5, 0.6) is 0 Å². The Hall–Kier alpha value is -2.37. The summed E-state index contributed by atoms with van der Waals surface area (Å²) in [6.07, 6.45) is 5.49. The highest BCUT2D eigenvalue weighted by molar-refractivity contribution is 5.79. The Labute approximate surface area is 136 Å². The summed E-state index contributed by atoms with van der Waals surface area (Å²) < 4.78 is 14.9. The number of aromatic nitrogens is 2. The third-order valence-corrected chi connectivity index (χ3v) is 3.37. The van der Waals surface area contributed by atoms with Crippen LogP contribution < -0.4 is 10.6 Å². The first-order chi connectivity index (χ1) is 11.2. The summed E-state index contributed by atoms with van der Waals surface area (Å²) >= 11 is 0. The van der Waals surface area contributed by atoms with Crippen molar-refractivity contribution in [3.8, 4) is 0 Å². The average Bonchev–Trinajstić information content (AvgIpc) is 2.93. The highest BCUT2D eigenvalue weighted by Crippen LogP contribution is 2.04. The molecule has 0 atom stereocenters. The van der Waals surface area contributed by atoms with Gasteiger partial charge in [0.15, 0.2) is 5.96 Å². The zero-order valence-electron chi connectivity index (χ0n) is 13.7. The van der Waals surface area contributed by atoms with E-state index < -0.39 is 0 Å². The molecule has 0 radical (unpaired) electrons. The highest BCUT2D eigenvalue weighted by atomic mass is 19.1. The van der Waals surface area contributed by atoms with Crippen LogP contribution in [0.1, 0.15) is 18.1 Å². The normalized spacial score (nSPS) is 11.5. The molecule has 0 aliphatic carbocycles. The van der Waals surface area contributed by atoms with E-state index in [2.05, 4.69) is 20.7 Å². The molecule has 1 aromatic carbocycles. The van der Waals surface area contributed by atoms with E-state index in [1.165, 1.54) is 11.6 Å². The summed E-state index contributed by atoms with van der Waals surface area (Å²) in [6.45, 7) is 4.24. The molecule has 2 N–H and O–H groups in total. The van der Waals surface area contributed by atoms with Gasteiger partial charge in [0.25, 0.3) is 0 Å². The zero-order chi connectivity index (χ0) is 16.5. The van der Waals surface area contributed by atoms with E-state index in [9.17, 15) is 4.39 Å². The minimum atomic E-state index is -0.201. The minimum Gasteiger partial charge on any atom is -0.357 e. The van der Waals surface area contributed by atoms with Gasteiger partial charge in [0.2, 0.25) is 0 Å². The van der Waals surface area contributed by atoms with E-state index in [-0.39, 0.29) is 5.82 Å². The second-order valence-corrected chi connectivity index (χ2v) is 5.34. The molecule has 0 aliphatic heterocycles. The molecule has 0 aliphatic rings. The predicted molar refractivity (Wildman–Crippen MR) is 91.0 cm³/mol. The Morgan fingerprint density at radius 3 is 2.83 bits per heavy atom. The van der Waals surface area contributed by atoms with Crippen LogP contribution in [-0.2, 0) is 19.9 Å². The molecule has 0 unspecified atom stereocenters. The lowest BCUT2D eigenvalue weighted by molar-refractivity contribution is 0.625. The second kappa shape index (κ2) is 8.92. The van der Waals surface area contributed by atoms with Crippen molar-refractivity contribution in [2.75, 3.05) is 19.6 Å². The van der Waals surface area contributed by atoms with E-state index in [1.54, 1.807) is 16.8 Å². The number of guanidine groups is 1. The number of aryl methyl sites for hydroxylation is 1. The van der Waals surface area contributed by atoms with E-state index in [1.807, 2.05) is 32.4 Å². The van der Waals surface area contributed by atoms with Crippen molar-refractivity contribution in [2.24, 2.45) is 12.0 Å². The van der Waals surface area contributed by atoms with Crippen molar-refractivity contribution < 1.29 is 4.39 Å². The van der Waals surface area contributed by atoms with Crippen LogP contribution in [0.3, 0.4) is 0 Å². The van der Waals surface area contributed by atoms with E-state index >= 15 is 0 Å². The van der Waals surface area contributed by atoms with Gasteiger partial charge in [0, 0.05) is 32.9 Å². The van der Waals surface area contributed by atoms with Crippen LogP contribution in [0, 0.1) is 5.82 Å². The molecule has 5 nitrogen and oxygen atoms in total. The quantitative estimate of drug-likeness (QED) is 0.606. The third-order valence-electron chi connectivity index (χ3n) is 3.37. The summed E-state index contributed by atoms with van der Waals surface area (Å²) in [5.41, 5.74) is 2.15. The predicted octanol–water partition coefficient (Wildman–Crippen LogP) is 1.90.